The summed E-state index contributed by atoms with van der Waals surface area (Å²) in [5.74, 6) is 1.98. The second kappa shape index (κ2) is 3.98. The molecule has 0 saturated heterocycles. The molecule has 2 nitrogen and oxygen atoms in total. The smallest absolute Gasteiger partial charge is 0.125 e. The van der Waals surface area contributed by atoms with Crippen molar-refractivity contribution >= 4 is 22.6 Å². The predicted octanol–water partition coefficient (Wildman–Crippen LogP) is 3.54. The van der Waals surface area contributed by atoms with Crippen molar-refractivity contribution in [1.29, 1.82) is 0 Å². The number of benzene rings is 1. The number of aryl methyl sites for hydroxylation is 1. The molecule has 1 fully saturated rings. The highest BCUT2D eigenvalue weighted by Crippen LogP contribution is 2.45. The summed E-state index contributed by atoms with van der Waals surface area (Å²) >= 11 is 5.80. The summed E-state index contributed by atoms with van der Waals surface area (Å²) in [4.78, 5) is 4.55. The lowest BCUT2D eigenvalue weighted by molar-refractivity contribution is 0.625. The molecule has 2 atom stereocenters. The van der Waals surface area contributed by atoms with Crippen molar-refractivity contribution in [3.8, 4) is 0 Å². The Morgan fingerprint density at radius 2 is 2.29 bits per heavy atom. The largest absolute Gasteiger partial charge is 0.324 e. The molecule has 0 bridgehead atoms. The quantitative estimate of drug-likeness (QED) is 0.764. The number of imidazole rings is 1. The van der Waals surface area contributed by atoms with Crippen molar-refractivity contribution in [2.24, 2.45) is 5.92 Å². The van der Waals surface area contributed by atoms with E-state index < -0.39 is 0 Å². The molecule has 1 heterocycles. The molecular formula is C13H14ClFN2. The van der Waals surface area contributed by atoms with E-state index in [-0.39, 0.29) is 5.82 Å². The molecule has 0 spiro atoms. The SMILES string of the molecule is CC1CC1n1c(CCCl)nc2ccc(F)cc21. The van der Waals surface area contributed by atoms with Crippen LogP contribution in [0, 0.1) is 11.7 Å². The van der Waals surface area contributed by atoms with Gasteiger partial charge in [0.2, 0.25) is 0 Å². The summed E-state index contributed by atoms with van der Waals surface area (Å²) in [6, 6.07) is 5.25. The number of rotatable bonds is 3. The van der Waals surface area contributed by atoms with Crippen LogP contribution < -0.4 is 0 Å². The topological polar surface area (TPSA) is 17.8 Å². The Morgan fingerprint density at radius 1 is 1.53 bits per heavy atom. The highest BCUT2D eigenvalue weighted by Gasteiger charge is 2.36. The Kier molecular flexibility index (Phi) is 2.58. The van der Waals surface area contributed by atoms with Gasteiger partial charge in [-0.05, 0) is 30.5 Å². The molecule has 17 heavy (non-hydrogen) atoms. The normalized spacial score (nSPS) is 23.2. The first-order chi connectivity index (χ1) is 8.20. The standard InChI is InChI=1S/C13H14ClFN2/c1-8-6-11(8)17-12-7-9(15)2-3-10(12)16-13(17)4-5-14/h2-3,7-8,11H,4-6H2,1H3. The minimum Gasteiger partial charge on any atom is -0.324 e. The van der Waals surface area contributed by atoms with Crippen LogP contribution in [0.4, 0.5) is 4.39 Å². The highest BCUT2D eigenvalue weighted by atomic mass is 35.5. The number of halogens is 2. The molecule has 0 N–H and O–H groups in total. The maximum atomic E-state index is 13.3. The van der Waals surface area contributed by atoms with E-state index in [4.69, 9.17) is 11.6 Å². The van der Waals surface area contributed by atoms with Gasteiger partial charge in [-0.25, -0.2) is 9.37 Å². The molecular weight excluding hydrogens is 239 g/mol. The van der Waals surface area contributed by atoms with Crippen molar-refractivity contribution in [3.05, 3.63) is 29.8 Å². The van der Waals surface area contributed by atoms with Crippen LogP contribution in [0.25, 0.3) is 11.0 Å². The van der Waals surface area contributed by atoms with Gasteiger partial charge in [-0.1, -0.05) is 6.92 Å². The third-order valence-corrected chi connectivity index (χ3v) is 3.63. The first-order valence-electron chi connectivity index (χ1n) is 5.93. The van der Waals surface area contributed by atoms with E-state index in [1.165, 1.54) is 6.07 Å². The van der Waals surface area contributed by atoms with Crippen LogP contribution in [-0.4, -0.2) is 15.4 Å². The molecule has 3 rings (SSSR count). The maximum absolute atomic E-state index is 13.3. The second-order valence-electron chi connectivity index (χ2n) is 4.75. The number of aromatic nitrogens is 2. The van der Waals surface area contributed by atoms with Crippen molar-refractivity contribution in [3.63, 3.8) is 0 Å². The van der Waals surface area contributed by atoms with E-state index in [1.807, 2.05) is 0 Å². The zero-order chi connectivity index (χ0) is 12.0. The highest BCUT2D eigenvalue weighted by molar-refractivity contribution is 6.17. The van der Waals surface area contributed by atoms with Gasteiger partial charge in [-0.2, -0.15) is 0 Å². The molecule has 0 aliphatic heterocycles. The van der Waals surface area contributed by atoms with Gasteiger partial charge in [-0.3, -0.25) is 0 Å². The number of fused-ring (bicyclic) bond motifs is 1. The lowest BCUT2D eigenvalue weighted by atomic mass is 10.3. The zero-order valence-corrected chi connectivity index (χ0v) is 10.4. The van der Waals surface area contributed by atoms with E-state index in [1.54, 1.807) is 12.1 Å². The fourth-order valence-electron chi connectivity index (χ4n) is 2.41. The second-order valence-corrected chi connectivity index (χ2v) is 5.13. The van der Waals surface area contributed by atoms with Crippen molar-refractivity contribution in [1.82, 2.24) is 9.55 Å². The first kappa shape index (κ1) is 11.0. The van der Waals surface area contributed by atoms with Gasteiger partial charge in [0.1, 0.15) is 11.6 Å². The average Bonchev–Trinajstić information content (AvgIpc) is 2.89. The van der Waals surface area contributed by atoms with Gasteiger partial charge in [0.25, 0.3) is 0 Å². The fraction of sp³-hybridized carbons (Fsp3) is 0.462. The van der Waals surface area contributed by atoms with Crippen LogP contribution >= 0.6 is 11.6 Å². The molecule has 2 unspecified atom stereocenters. The van der Waals surface area contributed by atoms with Crippen LogP contribution in [0.1, 0.15) is 25.2 Å². The molecule has 1 aliphatic rings. The van der Waals surface area contributed by atoms with Gasteiger partial charge in [0, 0.05) is 18.3 Å². The minimum atomic E-state index is -0.204. The number of hydrogen-bond acceptors (Lipinski definition) is 1. The Balaban J connectivity index is 2.18. The molecule has 1 aliphatic carbocycles. The number of nitrogens with zero attached hydrogens (tertiary/aromatic N) is 2. The summed E-state index contributed by atoms with van der Waals surface area (Å²) in [7, 11) is 0. The van der Waals surface area contributed by atoms with E-state index in [2.05, 4.69) is 16.5 Å². The monoisotopic (exact) mass is 252 g/mol. The van der Waals surface area contributed by atoms with Gasteiger partial charge in [0.15, 0.2) is 0 Å². The minimum absolute atomic E-state index is 0.204. The van der Waals surface area contributed by atoms with Crippen LogP contribution in [0.15, 0.2) is 18.2 Å². The first-order valence-corrected chi connectivity index (χ1v) is 6.46. The summed E-state index contributed by atoms with van der Waals surface area (Å²) in [6.45, 7) is 2.21. The van der Waals surface area contributed by atoms with Crippen LogP contribution in [0.5, 0.6) is 0 Å². The van der Waals surface area contributed by atoms with Crippen molar-refractivity contribution in [2.75, 3.05) is 5.88 Å². The van der Waals surface area contributed by atoms with E-state index in [0.29, 0.717) is 17.8 Å². The van der Waals surface area contributed by atoms with E-state index in [9.17, 15) is 4.39 Å². The summed E-state index contributed by atoms with van der Waals surface area (Å²) in [5, 5.41) is 0. The molecule has 4 heteroatoms. The van der Waals surface area contributed by atoms with Gasteiger partial charge in [-0.15, -0.1) is 11.6 Å². The predicted molar refractivity (Wildman–Crippen MR) is 66.9 cm³/mol. The number of hydrogen-bond donors (Lipinski definition) is 0. The molecule has 0 amide bonds. The molecule has 2 aromatic rings. The Bertz CT molecular complexity index is 564. The van der Waals surface area contributed by atoms with Crippen molar-refractivity contribution in [2.45, 2.75) is 25.8 Å². The van der Waals surface area contributed by atoms with E-state index >= 15 is 0 Å². The van der Waals surface area contributed by atoms with Crippen LogP contribution in [-0.2, 0) is 6.42 Å². The Labute approximate surface area is 104 Å². The Hall–Kier alpha value is -1.09. The molecule has 1 saturated carbocycles. The lowest BCUT2D eigenvalue weighted by Crippen LogP contribution is -2.03. The van der Waals surface area contributed by atoms with Gasteiger partial charge >= 0.3 is 0 Å². The molecule has 0 radical (unpaired) electrons. The zero-order valence-electron chi connectivity index (χ0n) is 9.66. The third-order valence-electron chi connectivity index (χ3n) is 3.44. The molecule has 90 valence electrons. The molecule has 1 aromatic carbocycles. The fourth-order valence-corrected chi connectivity index (χ4v) is 2.58. The lowest BCUT2D eigenvalue weighted by Gasteiger charge is -2.07. The summed E-state index contributed by atoms with van der Waals surface area (Å²) in [5.41, 5.74) is 1.77. The van der Waals surface area contributed by atoms with Gasteiger partial charge in [0.05, 0.1) is 11.0 Å². The summed E-state index contributed by atoms with van der Waals surface area (Å²) < 4.78 is 15.5. The van der Waals surface area contributed by atoms with E-state index in [0.717, 1.165) is 29.7 Å². The van der Waals surface area contributed by atoms with Gasteiger partial charge < -0.3 is 4.57 Å². The maximum Gasteiger partial charge on any atom is 0.125 e. The van der Waals surface area contributed by atoms with Crippen molar-refractivity contribution < 1.29 is 4.39 Å². The number of alkyl halides is 1. The summed E-state index contributed by atoms with van der Waals surface area (Å²) in [6.07, 6.45) is 1.89. The Morgan fingerprint density at radius 3 is 2.94 bits per heavy atom. The molecule has 1 aromatic heterocycles. The average molecular weight is 253 g/mol. The van der Waals surface area contributed by atoms with Crippen LogP contribution in [0.3, 0.4) is 0 Å². The third kappa shape index (κ3) is 1.82. The van der Waals surface area contributed by atoms with Crippen LogP contribution in [0.2, 0.25) is 0 Å².